The fourth-order valence-corrected chi connectivity index (χ4v) is 1.96. The summed E-state index contributed by atoms with van der Waals surface area (Å²) in [6, 6.07) is 5.93. The summed E-state index contributed by atoms with van der Waals surface area (Å²) < 4.78 is 0. The maximum atomic E-state index is 4.46. The van der Waals surface area contributed by atoms with E-state index in [1.54, 1.807) is 11.3 Å². The number of pyridine rings is 1. The van der Waals surface area contributed by atoms with Crippen LogP contribution in [0.15, 0.2) is 29.1 Å². The Morgan fingerprint density at radius 3 is 3.00 bits per heavy atom. The fraction of sp³-hybridized carbons (Fsp3) is 0.273. The van der Waals surface area contributed by atoms with Crippen LogP contribution in [0.1, 0.15) is 5.69 Å². The Kier molecular flexibility index (Phi) is 3.36. The third kappa shape index (κ3) is 2.49. The second kappa shape index (κ2) is 4.94. The Labute approximate surface area is 99.0 Å². The number of rotatable bonds is 4. The molecule has 2 rings (SSSR count). The normalized spacial score (nSPS) is 10.1. The molecule has 0 aliphatic heterocycles. The molecule has 0 saturated heterocycles. The van der Waals surface area contributed by atoms with Crippen molar-refractivity contribution in [3.05, 3.63) is 34.8 Å². The molecule has 84 valence electrons. The maximum Gasteiger partial charge on any atom is 0.131 e. The molecule has 5 heteroatoms. The molecule has 0 aliphatic rings. The molecule has 0 saturated carbocycles. The lowest BCUT2D eigenvalue weighted by atomic mass is 10.4. The molecule has 0 fully saturated rings. The topological polar surface area (TPSA) is 41.0 Å². The van der Waals surface area contributed by atoms with Crippen LogP contribution in [0.5, 0.6) is 0 Å². The fourth-order valence-electron chi connectivity index (χ4n) is 1.41. The van der Waals surface area contributed by atoms with Gasteiger partial charge in [-0.05, 0) is 12.1 Å². The van der Waals surface area contributed by atoms with Gasteiger partial charge in [0.05, 0.1) is 17.7 Å². The van der Waals surface area contributed by atoms with Crippen LogP contribution in [0.25, 0.3) is 0 Å². The Bertz CT molecular complexity index is 441. The average Bonchev–Trinajstić information content (AvgIpc) is 2.82. The molecule has 0 spiro atoms. The minimum absolute atomic E-state index is 0.781. The van der Waals surface area contributed by atoms with Crippen LogP contribution in [-0.2, 0) is 6.54 Å². The van der Waals surface area contributed by atoms with E-state index < -0.39 is 0 Å². The number of thiazole rings is 1. The van der Waals surface area contributed by atoms with Gasteiger partial charge in [-0.2, -0.15) is 0 Å². The van der Waals surface area contributed by atoms with Gasteiger partial charge in [0, 0.05) is 19.5 Å². The highest BCUT2D eigenvalue weighted by molar-refractivity contribution is 7.07. The van der Waals surface area contributed by atoms with E-state index in [0.29, 0.717) is 0 Å². The summed E-state index contributed by atoms with van der Waals surface area (Å²) in [5, 5.41) is 5.08. The second-order valence-electron chi connectivity index (χ2n) is 3.47. The second-order valence-corrected chi connectivity index (χ2v) is 4.19. The summed E-state index contributed by atoms with van der Waals surface area (Å²) in [5.74, 6) is 1.82. The van der Waals surface area contributed by atoms with E-state index in [4.69, 9.17) is 0 Å². The van der Waals surface area contributed by atoms with Crippen LogP contribution in [0.4, 0.5) is 11.6 Å². The Hall–Kier alpha value is -1.62. The van der Waals surface area contributed by atoms with E-state index in [1.807, 2.05) is 37.8 Å². The van der Waals surface area contributed by atoms with E-state index in [1.165, 1.54) is 0 Å². The van der Waals surface area contributed by atoms with Gasteiger partial charge < -0.3 is 10.2 Å². The molecule has 0 aromatic carbocycles. The van der Waals surface area contributed by atoms with Crippen LogP contribution in [0, 0.1) is 0 Å². The van der Waals surface area contributed by atoms with Crippen molar-refractivity contribution in [3.63, 3.8) is 0 Å². The van der Waals surface area contributed by atoms with Crippen LogP contribution in [0.2, 0.25) is 0 Å². The van der Waals surface area contributed by atoms with Crippen molar-refractivity contribution < 1.29 is 0 Å². The molecule has 0 unspecified atom stereocenters. The first kappa shape index (κ1) is 10.9. The van der Waals surface area contributed by atoms with Crippen molar-refractivity contribution in [1.29, 1.82) is 0 Å². The first-order valence-electron chi connectivity index (χ1n) is 5.02. The first-order chi connectivity index (χ1) is 7.79. The molecule has 0 amide bonds. The molecular weight excluding hydrogens is 220 g/mol. The molecule has 4 nitrogen and oxygen atoms in total. The van der Waals surface area contributed by atoms with Crippen molar-refractivity contribution in [2.45, 2.75) is 6.54 Å². The average molecular weight is 234 g/mol. The van der Waals surface area contributed by atoms with E-state index in [2.05, 4.69) is 25.6 Å². The number of nitrogens with one attached hydrogen (secondary N) is 1. The Balaban J connectivity index is 2.11. The molecule has 2 aromatic rings. The highest BCUT2D eigenvalue weighted by Crippen LogP contribution is 2.15. The third-order valence-corrected chi connectivity index (χ3v) is 2.90. The number of nitrogens with zero attached hydrogens (tertiary/aromatic N) is 3. The standard InChI is InChI=1S/C11H14N4S/c1-12-10-4-3-5-11(14-10)15(2)6-9-7-16-8-13-9/h3-5,7-8H,6H2,1-2H3,(H,12,14). The molecule has 0 aliphatic carbocycles. The Morgan fingerprint density at radius 2 is 2.31 bits per heavy atom. The summed E-state index contributed by atoms with van der Waals surface area (Å²) in [6.07, 6.45) is 0. The van der Waals surface area contributed by atoms with Gasteiger partial charge >= 0.3 is 0 Å². The van der Waals surface area contributed by atoms with Gasteiger partial charge in [-0.15, -0.1) is 11.3 Å². The largest absolute Gasteiger partial charge is 0.373 e. The molecule has 0 atom stereocenters. The van der Waals surface area contributed by atoms with Gasteiger partial charge in [0.1, 0.15) is 11.6 Å². The lowest BCUT2D eigenvalue weighted by molar-refractivity contribution is 0.875. The van der Waals surface area contributed by atoms with Crippen molar-refractivity contribution in [2.24, 2.45) is 0 Å². The quantitative estimate of drug-likeness (QED) is 0.880. The zero-order valence-electron chi connectivity index (χ0n) is 9.34. The van der Waals surface area contributed by atoms with E-state index >= 15 is 0 Å². The number of aromatic nitrogens is 2. The molecule has 0 radical (unpaired) electrons. The third-order valence-electron chi connectivity index (χ3n) is 2.26. The monoisotopic (exact) mass is 234 g/mol. The van der Waals surface area contributed by atoms with E-state index in [9.17, 15) is 0 Å². The SMILES string of the molecule is CNc1cccc(N(C)Cc2cscn2)n1. The molecule has 16 heavy (non-hydrogen) atoms. The lowest BCUT2D eigenvalue weighted by Gasteiger charge is -2.17. The summed E-state index contributed by atoms with van der Waals surface area (Å²) in [5.41, 5.74) is 2.92. The van der Waals surface area contributed by atoms with Gasteiger partial charge in [-0.1, -0.05) is 6.07 Å². The summed E-state index contributed by atoms with van der Waals surface area (Å²) >= 11 is 1.61. The van der Waals surface area contributed by atoms with Crippen molar-refractivity contribution in [2.75, 3.05) is 24.3 Å². The molecule has 2 aromatic heterocycles. The number of hydrogen-bond donors (Lipinski definition) is 1. The molecule has 0 bridgehead atoms. The van der Waals surface area contributed by atoms with Gasteiger partial charge in [-0.3, -0.25) is 0 Å². The van der Waals surface area contributed by atoms with Crippen LogP contribution < -0.4 is 10.2 Å². The van der Waals surface area contributed by atoms with Gasteiger partial charge in [0.2, 0.25) is 0 Å². The maximum absolute atomic E-state index is 4.46. The van der Waals surface area contributed by atoms with Gasteiger partial charge in [0.15, 0.2) is 0 Å². The summed E-state index contributed by atoms with van der Waals surface area (Å²) in [6.45, 7) is 0.781. The van der Waals surface area contributed by atoms with Crippen LogP contribution in [0.3, 0.4) is 0 Å². The predicted molar refractivity (Wildman–Crippen MR) is 68.0 cm³/mol. The van der Waals surface area contributed by atoms with Crippen molar-refractivity contribution in [3.8, 4) is 0 Å². The van der Waals surface area contributed by atoms with Crippen molar-refractivity contribution >= 4 is 23.0 Å². The van der Waals surface area contributed by atoms with Crippen LogP contribution >= 0.6 is 11.3 Å². The zero-order chi connectivity index (χ0) is 11.4. The van der Waals surface area contributed by atoms with Crippen LogP contribution in [-0.4, -0.2) is 24.1 Å². The van der Waals surface area contributed by atoms with Gasteiger partial charge in [0.25, 0.3) is 0 Å². The van der Waals surface area contributed by atoms with E-state index in [-0.39, 0.29) is 0 Å². The molecule has 2 heterocycles. The molecular formula is C11H14N4S. The van der Waals surface area contributed by atoms with E-state index in [0.717, 1.165) is 23.9 Å². The summed E-state index contributed by atoms with van der Waals surface area (Å²) in [4.78, 5) is 10.8. The Morgan fingerprint density at radius 1 is 1.44 bits per heavy atom. The zero-order valence-corrected chi connectivity index (χ0v) is 10.2. The number of hydrogen-bond acceptors (Lipinski definition) is 5. The highest BCUT2D eigenvalue weighted by Gasteiger charge is 2.05. The van der Waals surface area contributed by atoms with Gasteiger partial charge in [-0.25, -0.2) is 9.97 Å². The van der Waals surface area contributed by atoms with Crippen molar-refractivity contribution in [1.82, 2.24) is 9.97 Å². The lowest BCUT2D eigenvalue weighted by Crippen LogP contribution is -2.18. The predicted octanol–water partition coefficient (Wildman–Crippen LogP) is 2.22. The minimum Gasteiger partial charge on any atom is -0.373 e. The minimum atomic E-state index is 0.781. The number of anilines is 2. The molecule has 1 N–H and O–H groups in total. The summed E-state index contributed by atoms with van der Waals surface area (Å²) in [7, 11) is 3.88. The smallest absolute Gasteiger partial charge is 0.131 e. The highest BCUT2D eigenvalue weighted by atomic mass is 32.1. The first-order valence-corrected chi connectivity index (χ1v) is 5.97.